The Balaban J connectivity index is 2.05. The van der Waals surface area contributed by atoms with E-state index in [9.17, 15) is 0 Å². The fourth-order valence-electron chi connectivity index (χ4n) is 2.51. The molecular weight excluding hydrogens is 210 g/mol. The van der Waals surface area contributed by atoms with E-state index >= 15 is 0 Å². The van der Waals surface area contributed by atoms with Gasteiger partial charge in [0.2, 0.25) is 0 Å². The van der Waals surface area contributed by atoms with Crippen molar-refractivity contribution in [1.29, 1.82) is 5.26 Å². The van der Waals surface area contributed by atoms with Crippen molar-refractivity contribution in [2.45, 2.75) is 31.8 Å². The Bertz CT molecular complexity index is 422. The van der Waals surface area contributed by atoms with E-state index in [1.165, 1.54) is 11.3 Å². The van der Waals surface area contributed by atoms with Gasteiger partial charge < -0.3 is 10.2 Å². The summed E-state index contributed by atoms with van der Waals surface area (Å²) in [6.07, 6.45) is 1.98. The van der Waals surface area contributed by atoms with Crippen LogP contribution in [-0.2, 0) is 6.42 Å². The van der Waals surface area contributed by atoms with E-state index in [1.54, 1.807) is 0 Å². The van der Waals surface area contributed by atoms with Gasteiger partial charge in [0, 0.05) is 18.3 Å². The van der Waals surface area contributed by atoms with Crippen molar-refractivity contribution in [2.75, 3.05) is 18.5 Å². The zero-order valence-electron chi connectivity index (χ0n) is 10.5. The SMILES string of the molecule is CNC(C#N)CCN1c2ccccc2CC1C. The Kier molecular flexibility index (Phi) is 3.65. The number of anilines is 1. The van der Waals surface area contributed by atoms with Gasteiger partial charge in [-0.05, 0) is 38.4 Å². The summed E-state index contributed by atoms with van der Waals surface area (Å²) in [5, 5.41) is 12.0. The molecule has 17 heavy (non-hydrogen) atoms. The highest BCUT2D eigenvalue weighted by molar-refractivity contribution is 5.59. The van der Waals surface area contributed by atoms with Crippen LogP contribution in [0.3, 0.4) is 0 Å². The monoisotopic (exact) mass is 229 g/mol. The maximum Gasteiger partial charge on any atom is 0.0967 e. The molecule has 3 nitrogen and oxygen atoms in total. The average molecular weight is 229 g/mol. The molecule has 3 heteroatoms. The summed E-state index contributed by atoms with van der Waals surface area (Å²) in [7, 11) is 1.84. The van der Waals surface area contributed by atoms with Gasteiger partial charge in [-0.1, -0.05) is 18.2 Å². The van der Waals surface area contributed by atoms with E-state index < -0.39 is 0 Å². The molecule has 1 aliphatic heterocycles. The van der Waals surface area contributed by atoms with Crippen LogP contribution in [0.25, 0.3) is 0 Å². The maximum atomic E-state index is 8.93. The summed E-state index contributed by atoms with van der Waals surface area (Å²) >= 11 is 0. The van der Waals surface area contributed by atoms with Gasteiger partial charge in [0.25, 0.3) is 0 Å². The lowest BCUT2D eigenvalue weighted by Crippen LogP contribution is -2.34. The second kappa shape index (κ2) is 5.20. The molecule has 1 heterocycles. The molecule has 1 aliphatic rings. The molecule has 1 aromatic carbocycles. The van der Waals surface area contributed by atoms with E-state index in [0.717, 1.165) is 19.4 Å². The molecule has 2 unspecified atom stereocenters. The minimum Gasteiger partial charge on any atom is -0.368 e. The summed E-state index contributed by atoms with van der Waals surface area (Å²) in [6, 6.07) is 11.3. The number of nitrogens with one attached hydrogen (secondary N) is 1. The quantitative estimate of drug-likeness (QED) is 0.857. The van der Waals surface area contributed by atoms with Crippen LogP contribution >= 0.6 is 0 Å². The van der Waals surface area contributed by atoms with Gasteiger partial charge in [-0.15, -0.1) is 0 Å². The second-order valence-corrected chi connectivity index (χ2v) is 4.63. The summed E-state index contributed by atoms with van der Waals surface area (Å²) < 4.78 is 0. The van der Waals surface area contributed by atoms with Gasteiger partial charge in [0.05, 0.1) is 12.1 Å². The van der Waals surface area contributed by atoms with Crippen molar-refractivity contribution in [3.05, 3.63) is 29.8 Å². The van der Waals surface area contributed by atoms with Crippen molar-refractivity contribution < 1.29 is 0 Å². The maximum absolute atomic E-state index is 8.93. The number of benzene rings is 1. The molecule has 90 valence electrons. The van der Waals surface area contributed by atoms with E-state index in [-0.39, 0.29) is 6.04 Å². The van der Waals surface area contributed by atoms with E-state index in [0.29, 0.717) is 6.04 Å². The molecule has 0 radical (unpaired) electrons. The van der Waals surface area contributed by atoms with Gasteiger partial charge in [-0.2, -0.15) is 5.26 Å². The van der Waals surface area contributed by atoms with Crippen molar-refractivity contribution in [2.24, 2.45) is 0 Å². The molecule has 0 spiro atoms. The van der Waals surface area contributed by atoms with Gasteiger partial charge >= 0.3 is 0 Å². The zero-order chi connectivity index (χ0) is 12.3. The number of fused-ring (bicyclic) bond motifs is 1. The van der Waals surface area contributed by atoms with E-state index in [1.807, 2.05) is 7.05 Å². The smallest absolute Gasteiger partial charge is 0.0967 e. The topological polar surface area (TPSA) is 39.1 Å². The average Bonchev–Trinajstić information content (AvgIpc) is 2.67. The van der Waals surface area contributed by atoms with Gasteiger partial charge in [0.1, 0.15) is 0 Å². The molecule has 0 amide bonds. The van der Waals surface area contributed by atoms with E-state index in [2.05, 4.69) is 47.5 Å². The lowest BCUT2D eigenvalue weighted by Gasteiger charge is -2.25. The van der Waals surface area contributed by atoms with Crippen molar-refractivity contribution >= 4 is 5.69 Å². The first-order valence-electron chi connectivity index (χ1n) is 6.17. The lowest BCUT2D eigenvalue weighted by molar-refractivity contribution is 0.581. The Morgan fingerprint density at radius 3 is 3.00 bits per heavy atom. The molecule has 2 atom stereocenters. The second-order valence-electron chi connectivity index (χ2n) is 4.63. The summed E-state index contributed by atoms with van der Waals surface area (Å²) in [4.78, 5) is 2.41. The molecule has 1 aromatic rings. The third kappa shape index (κ3) is 2.42. The minimum absolute atomic E-state index is 0.0463. The highest BCUT2D eigenvalue weighted by atomic mass is 15.2. The Labute approximate surface area is 103 Å². The lowest BCUT2D eigenvalue weighted by atomic mass is 10.1. The molecule has 0 aliphatic carbocycles. The fourth-order valence-corrected chi connectivity index (χ4v) is 2.51. The van der Waals surface area contributed by atoms with Crippen molar-refractivity contribution in [1.82, 2.24) is 5.32 Å². The number of hydrogen-bond donors (Lipinski definition) is 1. The first-order chi connectivity index (χ1) is 8.26. The van der Waals surface area contributed by atoms with Crippen LogP contribution in [0.4, 0.5) is 5.69 Å². The van der Waals surface area contributed by atoms with Gasteiger partial charge in [-0.3, -0.25) is 0 Å². The fraction of sp³-hybridized carbons (Fsp3) is 0.500. The minimum atomic E-state index is -0.0463. The molecule has 0 fully saturated rings. The Hall–Kier alpha value is -1.53. The third-order valence-corrected chi connectivity index (χ3v) is 3.51. The number of rotatable bonds is 4. The van der Waals surface area contributed by atoms with Crippen molar-refractivity contribution in [3.8, 4) is 6.07 Å². The highest BCUT2D eigenvalue weighted by Crippen LogP contribution is 2.31. The van der Waals surface area contributed by atoms with Crippen LogP contribution in [0.5, 0.6) is 0 Å². The molecular formula is C14H19N3. The molecule has 0 aromatic heterocycles. The van der Waals surface area contributed by atoms with Crippen LogP contribution < -0.4 is 10.2 Å². The largest absolute Gasteiger partial charge is 0.368 e. The van der Waals surface area contributed by atoms with Crippen molar-refractivity contribution in [3.63, 3.8) is 0 Å². The number of para-hydroxylation sites is 1. The molecule has 2 rings (SSSR count). The van der Waals surface area contributed by atoms with Crippen LogP contribution in [0.15, 0.2) is 24.3 Å². The normalized spacial score (nSPS) is 19.8. The Morgan fingerprint density at radius 2 is 2.29 bits per heavy atom. The Morgan fingerprint density at radius 1 is 1.53 bits per heavy atom. The standard InChI is InChI=1S/C14H19N3/c1-11-9-12-5-3-4-6-14(12)17(11)8-7-13(10-15)16-2/h3-6,11,13,16H,7-9H2,1-2H3. The molecule has 0 saturated heterocycles. The highest BCUT2D eigenvalue weighted by Gasteiger charge is 2.25. The third-order valence-electron chi connectivity index (χ3n) is 3.51. The number of nitriles is 1. The predicted octanol–water partition coefficient (Wildman–Crippen LogP) is 1.94. The van der Waals surface area contributed by atoms with Crippen LogP contribution in [0.1, 0.15) is 18.9 Å². The van der Waals surface area contributed by atoms with Crippen LogP contribution in [-0.4, -0.2) is 25.7 Å². The van der Waals surface area contributed by atoms with Gasteiger partial charge in [-0.25, -0.2) is 0 Å². The summed E-state index contributed by atoms with van der Waals surface area (Å²) in [5.41, 5.74) is 2.77. The first kappa shape index (κ1) is 11.9. The van der Waals surface area contributed by atoms with E-state index in [4.69, 9.17) is 5.26 Å². The van der Waals surface area contributed by atoms with Crippen LogP contribution in [0.2, 0.25) is 0 Å². The van der Waals surface area contributed by atoms with Crippen LogP contribution in [0, 0.1) is 11.3 Å². The number of nitrogens with zero attached hydrogens (tertiary/aromatic N) is 2. The molecule has 1 N–H and O–H groups in total. The summed E-state index contributed by atoms with van der Waals surface area (Å²) in [5.74, 6) is 0. The summed E-state index contributed by atoms with van der Waals surface area (Å²) in [6.45, 7) is 3.19. The molecule has 0 saturated carbocycles. The van der Waals surface area contributed by atoms with Gasteiger partial charge in [0.15, 0.2) is 0 Å². The molecule has 0 bridgehead atoms. The zero-order valence-corrected chi connectivity index (χ0v) is 10.5. The first-order valence-corrected chi connectivity index (χ1v) is 6.17. The predicted molar refractivity (Wildman–Crippen MR) is 70.0 cm³/mol. The number of hydrogen-bond acceptors (Lipinski definition) is 3.